The largest absolute Gasteiger partial charge is 0.418 e. The number of fused-ring (bicyclic) bond motifs is 1. The zero-order valence-electron chi connectivity index (χ0n) is 21.0. The van der Waals surface area contributed by atoms with E-state index in [0.717, 1.165) is 51.0 Å². The van der Waals surface area contributed by atoms with Gasteiger partial charge in [0.25, 0.3) is 5.89 Å². The second kappa shape index (κ2) is 11.7. The minimum absolute atomic E-state index is 0.0337. The Bertz CT molecular complexity index is 1450. The Kier molecular flexibility index (Phi) is 7.75. The second-order valence-corrected chi connectivity index (χ2v) is 9.27. The first-order valence-electron chi connectivity index (χ1n) is 12.6. The Balaban J connectivity index is 1.18. The van der Waals surface area contributed by atoms with E-state index in [1.54, 1.807) is 0 Å². The minimum Gasteiger partial charge on any atom is -0.418 e. The summed E-state index contributed by atoms with van der Waals surface area (Å²) in [7, 11) is 0. The van der Waals surface area contributed by atoms with E-state index in [-0.39, 0.29) is 34.4 Å². The van der Waals surface area contributed by atoms with E-state index in [9.17, 15) is 19.6 Å². The SMILES string of the molecule is N#Cc1ccc(-c2nnc(C(=O)NCCC3CCN(Cc4ccccc4)CC3)o2)c2c1OC(=O)/C=C/C(=O)O2. The van der Waals surface area contributed by atoms with Crippen LogP contribution in [0.15, 0.2) is 59.0 Å². The smallest absolute Gasteiger partial charge is 0.336 e. The Morgan fingerprint density at radius 3 is 2.44 bits per heavy atom. The maximum Gasteiger partial charge on any atom is 0.336 e. The number of nitrogens with one attached hydrogen (secondary N) is 1. The minimum atomic E-state index is -0.854. The molecule has 2 aliphatic heterocycles. The van der Waals surface area contributed by atoms with E-state index in [1.807, 2.05) is 12.1 Å². The van der Waals surface area contributed by atoms with Crippen LogP contribution in [0.25, 0.3) is 11.5 Å². The van der Waals surface area contributed by atoms with Gasteiger partial charge in [0.2, 0.25) is 0 Å². The summed E-state index contributed by atoms with van der Waals surface area (Å²) in [6.45, 7) is 3.45. The number of likely N-dealkylation sites (tertiary alicyclic amines) is 1. The molecule has 0 aliphatic carbocycles. The van der Waals surface area contributed by atoms with Gasteiger partial charge in [-0.15, -0.1) is 10.2 Å². The number of esters is 2. The van der Waals surface area contributed by atoms with Crippen LogP contribution in [0, 0.1) is 17.2 Å². The van der Waals surface area contributed by atoms with Crippen molar-refractivity contribution >= 4 is 17.8 Å². The first-order chi connectivity index (χ1) is 19.0. The highest BCUT2D eigenvalue weighted by molar-refractivity contribution is 5.97. The fourth-order valence-corrected chi connectivity index (χ4v) is 4.59. The summed E-state index contributed by atoms with van der Waals surface area (Å²) in [6, 6.07) is 15.1. The number of carbonyl (C=O) groups excluding carboxylic acids is 3. The molecule has 1 amide bonds. The molecule has 0 spiro atoms. The summed E-state index contributed by atoms with van der Waals surface area (Å²) in [4.78, 5) is 39.1. The lowest BCUT2D eigenvalue weighted by atomic mass is 9.93. The normalized spacial score (nSPS) is 16.7. The number of carbonyl (C=O) groups is 3. The number of hydrogen-bond acceptors (Lipinski definition) is 10. The van der Waals surface area contributed by atoms with Crippen LogP contribution in [0.4, 0.5) is 0 Å². The van der Waals surface area contributed by atoms with Crippen molar-refractivity contribution in [2.24, 2.45) is 5.92 Å². The van der Waals surface area contributed by atoms with E-state index in [2.05, 4.69) is 44.7 Å². The average molecular weight is 528 g/mol. The van der Waals surface area contributed by atoms with E-state index < -0.39 is 17.8 Å². The number of ether oxygens (including phenoxy) is 2. The number of aromatic nitrogens is 2. The molecule has 2 aliphatic rings. The van der Waals surface area contributed by atoms with Gasteiger partial charge in [0.1, 0.15) is 6.07 Å². The standard InChI is InChI=1S/C28H25N5O6/c29-16-20-6-7-21(25-24(20)37-22(34)8-9-23(35)38-25)27-31-32-28(39-27)26(36)30-13-10-18-11-14-33(15-12-18)17-19-4-2-1-3-5-19/h1-9,18H,10-15,17H2,(H,30,36)/b9-8+. The van der Waals surface area contributed by atoms with Crippen LogP contribution in [-0.4, -0.2) is 52.6 Å². The number of benzene rings is 2. The lowest BCUT2D eigenvalue weighted by Crippen LogP contribution is -2.34. The van der Waals surface area contributed by atoms with E-state index in [4.69, 9.17) is 13.9 Å². The van der Waals surface area contributed by atoms with E-state index in [1.165, 1.54) is 17.7 Å². The maximum absolute atomic E-state index is 12.6. The van der Waals surface area contributed by atoms with Crippen LogP contribution in [0.2, 0.25) is 0 Å². The molecule has 11 heteroatoms. The van der Waals surface area contributed by atoms with E-state index in [0.29, 0.717) is 12.5 Å². The lowest BCUT2D eigenvalue weighted by molar-refractivity contribution is -0.133. The number of nitriles is 1. The molecule has 11 nitrogen and oxygen atoms in total. The van der Waals surface area contributed by atoms with Gasteiger partial charge in [-0.25, -0.2) is 9.59 Å². The zero-order valence-corrected chi connectivity index (χ0v) is 21.0. The van der Waals surface area contributed by atoms with Gasteiger partial charge in [0, 0.05) is 25.2 Å². The van der Waals surface area contributed by atoms with Crippen molar-refractivity contribution < 1.29 is 28.3 Å². The molecule has 1 aromatic heterocycles. The van der Waals surface area contributed by atoms with E-state index >= 15 is 0 Å². The topological polar surface area (TPSA) is 148 Å². The van der Waals surface area contributed by atoms with Crippen LogP contribution in [0.3, 0.4) is 0 Å². The van der Waals surface area contributed by atoms with Gasteiger partial charge in [0.05, 0.1) is 11.1 Å². The molecular formula is C28H25N5O6. The summed E-state index contributed by atoms with van der Waals surface area (Å²) in [5.74, 6) is -2.61. The van der Waals surface area contributed by atoms with Crippen molar-refractivity contribution in [3.05, 3.63) is 71.6 Å². The zero-order chi connectivity index (χ0) is 27.2. The van der Waals surface area contributed by atoms with Gasteiger partial charge < -0.3 is 19.2 Å². The number of amides is 1. The number of nitrogens with zero attached hydrogens (tertiary/aromatic N) is 4. The second-order valence-electron chi connectivity index (χ2n) is 9.27. The third kappa shape index (κ3) is 6.19. The van der Waals surface area contributed by atoms with Crippen molar-refractivity contribution in [2.45, 2.75) is 25.8 Å². The molecule has 2 aromatic carbocycles. The Morgan fingerprint density at radius 2 is 1.72 bits per heavy atom. The van der Waals surface area contributed by atoms with Crippen LogP contribution in [0.1, 0.15) is 41.1 Å². The number of hydrogen-bond donors (Lipinski definition) is 1. The maximum atomic E-state index is 12.6. The fraction of sp³-hybridized carbons (Fsp3) is 0.286. The summed E-state index contributed by atoms with van der Waals surface area (Å²) in [5.41, 5.74) is 1.37. The molecule has 0 bridgehead atoms. The van der Waals surface area contributed by atoms with Crippen molar-refractivity contribution in [3.8, 4) is 29.0 Å². The average Bonchev–Trinajstić information content (AvgIpc) is 3.44. The quantitative estimate of drug-likeness (QED) is 0.359. The predicted molar refractivity (Wildman–Crippen MR) is 136 cm³/mol. The number of piperidine rings is 1. The molecule has 3 aromatic rings. The van der Waals surface area contributed by atoms with Gasteiger partial charge in [-0.05, 0) is 56.0 Å². The molecule has 0 atom stereocenters. The molecule has 39 heavy (non-hydrogen) atoms. The Morgan fingerprint density at radius 1 is 1.00 bits per heavy atom. The molecule has 198 valence electrons. The molecule has 5 rings (SSSR count). The third-order valence-electron chi connectivity index (χ3n) is 6.64. The highest BCUT2D eigenvalue weighted by Gasteiger charge is 2.27. The van der Waals surface area contributed by atoms with Gasteiger partial charge in [-0.1, -0.05) is 30.3 Å². The van der Waals surface area contributed by atoms with Crippen molar-refractivity contribution in [2.75, 3.05) is 19.6 Å². The molecule has 1 fully saturated rings. The molecule has 3 heterocycles. The predicted octanol–water partition coefficient (Wildman–Crippen LogP) is 3.02. The molecule has 0 saturated carbocycles. The first-order valence-corrected chi connectivity index (χ1v) is 12.6. The summed E-state index contributed by atoms with van der Waals surface area (Å²) in [6.07, 6.45) is 4.76. The molecule has 0 unspecified atom stereocenters. The van der Waals surface area contributed by atoms with Crippen molar-refractivity contribution in [1.29, 1.82) is 5.26 Å². The number of rotatable bonds is 7. The molecule has 1 saturated heterocycles. The van der Waals surface area contributed by atoms with Crippen molar-refractivity contribution in [3.63, 3.8) is 0 Å². The van der Waals surface area contributed by atoms with Crippen LogP contribution < -0.4 is 14.8 Å². The lowest BCUT2D eigenvalue weighted by Gasteiger charge is -2.32. The van der Waals surface area contributed by atoms with Crippen LogP contribution >= 0.6 is 0 Å². The third-order valence-corrected chi connectivity index (χ3v) is 6.64. The summed E-state index contributed by atoms with van der Waals surface area (Å²) >= 11 is 0. The molecule has 0 radical (unpaired) electrons. The highest BCUT2D eigenvalue weighted by Crippen LogP contribution is 2.41. The van der Waals surface area contributed by atoms with Gasteiger partial charge >= 0.3 is 23.7 Å². The Labute approximate surface area is 224 Å². The Hall–Kier alpha value is -4.82. The van der Waals surface area contributed by atoms with Gasteiger partial charge in [-0.3, -0.25) is 9.69 Å². The monoisotopic (exact) mass is 527 g/mol. The molecular weight excluding hydrogens is 502 g/mol. The fourth-order valence-electron chi connectivity index (χ4n) is 4.59. The highest BCUT2D eigenvalue weighted by atomic mass is 16.6. The van der Waals surface area contributed by atoms with Crippen LogP contribution in [-0.2, 0) is 16.1 Å². The van der Waals surface area contributed by atoms with Crippen LogP contribution in [0.5, 0.6) is 11.5 Å². The summed E-state index contributed by atoms with van der Waals surface area (Å²) < 4.78 is 16.0. The summed E-state index contributed by atoms with van der Waals surface area (Å²) in [5, 5.41) is 19.9. The first kappa shape index (κ1) is 25.8. The van der Waals surface area contributed by atoms with Gasteiger partial charge in [-0.2, -0.15) is 5.26 Å². The van der Waals surface area contributed by atoms with Gasteiger partial charge in [0.15, 0.2) is 11.5 Å². The van der Waals surface area contributed by atoms with Crippen molar-refractivity contribution in [1.82, 2.24) is 20.4 Å². The molecule has 1 N–H and O–H groups in total.